The summed E-state index contributed by atoms with van der Waals surface area (Å²) < 4.78 is 0. The van der Waals surface area contributed by atoms with Crippen LogP contribution < -0.4 is 0 Å². The molecule has 22 heavy (non-hydrogen) atoms. The quantitative estimate of drug-likeness (QED) is 0.547. The van der Waals surface area contributed by atoms with Crippen LogP contribution in [0.3, 0.4) is 0 Å². The maximum absolute atomic E-state index is 12.0. The average Bonchev–Trinajstić information content (AvgIpc) is 2.77. The molecular weight excluding hydrogens is 268 g/mol. The Labute approximate surface area is 135 Å². The number of carbonyl (C=O) groups excluding carboxylic acids is 1. The van der Waals surface area contributed by atoms with Crippen molar-refractivity contribution in [3.8, 4) is 0 Å². The highest BCUT2D eigenvalue weighted by atomic mass is 16.1. The summed E-state index contributed by atoms with van der Waals surface area (Å²) in [6, 6.07) is 0. The lowest BCUT2D eigenvalue weighted by Gasteiger charge is -2.61. The second-order valence-electron chi connectivity index (χ2n) is 9.52. The smallest absolute Gasteiger partial charge is 0.133 e. The minimum atomic E-state index is 0.439. The summed E-state index contributed by atoms with van der Waals surface area (Å²) in [4.78, 5) is 12.0. The van der Waals surface area contributed by atoms with Crippen LogP contribution in [0.2, 0.25) is 0 Å². The van der Waals surface area contributed by atoms with Gasteiger partial charge in [0.15, 0.2) is 0 Å². The zero-order chi connectivity index (χ0) is 15.7. The molecule has 0 amide bonds. The first kappa shape index (κ1) is 15.0. The van der Waals surface area contributed by atoms with Gasteiger partial charge in [-0.2, -0.15) is 0 Å². The summed E-state index contributed by atoms with van der Waals surface area (Å²) in [5, 5.41) is 0. The van der Waals surface area contributed by atoms with Crippen LogP contribution in [0.5, 0.6) is 0 Å². The highest BCUT2D eigenvalue weighted by Crippen LogP contribution is 2.66. The van der Waals surface area contributed by atoms with E-state index in [4.69, 9.17) is 0 Å². The van der Waals surface area contributed by atoms with Gasteiger partial charge in [-0.3, -0.25) is 4.79 Å². The maximum atomic E-state index is 12.0. The predicted molar refractivity (Wildman–Crippen MR) is 90.4 cm³/mol. The van der Waals surface area contributed by atoms with Gasteiger partial charge in [0.1, 0.15) is 5.78 Å². The highest BCUT2D eigenvalue weighted by Gasteiger charge is 2.59. The first-order chi connectivity index (χ1) is 10.4. The van der Waals surface area contributed by atoms with Crippen molar-refractivity contribution < 1.29 is 4.79 Å². The van der Waals surface area contributed by atoms with E-state index in [9.17, 15) is 4.79 Å². The molecule has 4 aliphatic rings. The Balaban J connectivity index is 1.68. The number of carbonyl (C=O) groups is 1. The monoisotopic (exact) mass is 300 g/mol. The van der Waals surface area contributed by atoms with Crippen molar-refractivity contribution in [1.29, 1.82) is 0 Å². The molecule has 0 radical (unpaired) electrons. The lowest BCUT2D eigenvalue weighted by Crippen LogP contribution is -2.55. The van der Waals surface area contributed by atoms with Crippen molar-refractivity contribution in [3.63, 3.8) is 0 Å². The largest absolute Gasteiger partial charge is 0.300 e. The molecule has 3 fully saturated rings. The van der Waals surface area contributed by atoms with E-state index >= 15 is 0 Å². The predicted octanol–water partition coefficient (Wildman–Crippen LogP) is 5.40. The molecule has 1 heteroatoms. The first-order valence-corrected chi connectivity index (χ1v) is 9.55. The van der Waals surface area contributed by atoms with Crippen LogP contribution in [0.1, 0.15) is 72.6 Å². The molecule has 0 bridgehead atoms. The molecule has 0 saturated heterocycles. The number of ketones is 1. The zero-order valence-electron chi connectivity index (χ0n) is 14.8. The summed E-state index contributed by atoms with van der Waals surface area (Å²) in [6.07, 6.45) is 10.9. The van der Waals surface area contributed by atoms with Crippen LogP contribution in [0.4, 0.5) is 0 Å². The van der Waals surface area contributed by atoms with Gasteiger partial charge < -0.3 is 0 Å². The van der Waals surface area contributed by atoms with Gasteiger partial charge in [0.25, 0.3) is 0 Å². The number of allylic oxidation sites excluding steroid dienone is 2. The zero-order valence-corrected chi connectivity index (χ0v) is 14.8. The Kier molecular flexibility index (Phi) is 3.20. The Morgan fingerprint density at radius 1 is 1.14 bits per heavy atom. The van der Waals surface area contributed by atoms with E-state index < -0.39 is 0 Å². The lowest BCUT2D eigenvalue weighted by molar-refractivity contribution is -0.145. The number of rotatable bonds is 0. The molecular formula is C21H32O. The Hall–Kier alpha value is -0.590. The molecule has 7 atom stereocenters. The van der Waals surface area contributed by atoms with Crippen LogP contribution in [0.25, 0.3) is 0 Å². The van der Waals surface area contributed by atoms with Gasteiger partial charge in [-0.05, 0) is 79.4 Å². The summed E-state index contributed by atoms with van der Waals surface area (Å²) in [6.45, 7) is 9.90. The molecule has 4 aliphatic carbocycles. The lowest BCUT2D eigenvalue weighted by atomic mass is 9.43. The van der Waals surface area contributed by atoms with Crippen molar-refractivity contribution >= 4 is 5.78 Å². The van der Waals surface area contributed by atoms with Crippen LogP contribution in [0, 0.1) is 40.4 Å². The summed E-state index contributed by atoms with van der Waals surface area (Å²) >= 11 is 0. The molecule has 3 saturated carbocycles. The Bertz CT molecular complexity index is 532. The molecule has 0 aromatic carbocycles. The second kappa shape index (κ2) is 4.71. The topological polar surface area (TPSA) is 17.1 Å². The number of hydrogen-bond donors (Lipinski definition) is 0. The Morgan fingerprint density at radius 2 is 1.91 bits per heavy atom. The average molecular weight is 300 g/mol. The summed E-state index contributed by atoms with van der Waals surface area (Å²) in [5.74, 6) is 4.58. The van der Waals surface area contributed by atoms with Crippen molar-refractivity contribution in [1.82, 2.24) is 0 Å². The number of Topliss-reactive ketones (excluding diaryl/α,β-unsaturated/α-hetero) is 1. The van der Waals surface area contributed by atoms with Gasteiger partial charge in [-0.15, -0.1) is 0 Å². The fraction of sp³-hybridized carbons (Fsp3) is 0.857. The van der Waals surface area contributed by atoms with Crippen LogP contribution >= 0.6 is 0 Å². The van der Waals surface area contributed by atoms with E-state index in [1.165, 1.54) is 25.7 Å². The van der Waals surface area contributed by atoms with Gasteiger partial charge >= 0.3 is 0 Å². The van der Waals surface area contributed by atoms with Crippen molar-refractivity contribution in [2.75, 3.05) is 0 Å². The van der Waals surface area contributed by atoms with Crippen molar-refractivity contribution in [3.05, 3.63) is 11.6 Å². The van der Waals surface area contributed by atoms with Gasteiger partial charge in [-0.25, -0.2) is 0 Å². The molecule has 0 aromatic heterocycles. The van der Waals surface area contributed by atoms with Crippen LogP contribution in [-0.2, 0) is 4.79 Å². The molecule has 1 nitrogen and oxygen atoms in total. The molecule has 7 unspecified atom stereocenters. The van der Waals surface area contributed by atoms with Crippen molar-refractivity contribution in [2.24, 2.45) is 40.4 Å². The molecule has 0 N–H and O–H groups in total. The second-order valence-corrected chi connectivity index (χ2v) is 9.52. The molecule has 0 aromatic rings. The third-order valence-electron chi connectivity index (χ3n) is 8.82. The fourth-order valence-corrected chi connectivity index (χ4v) is 7.30. The molecule has 0 aliphatic heterocycles. The molecule has 0 spiro atoms. The summed E-state index contributed by atoms with van der Waals surface area (Å²) in [7, 11) is 0. The van der Waals surface area contributed by atoms with E-state index in [2.05, 4.69) is 33.8 Å². The van der Waals surface area contributed by atoms with E-state index in [-0.39, 0.29) is 0 Å². The Morgan fingerprint density at radius 3 is 2.68 bits per heavy atom. The van der Waals surface area contributed by atoms with Crippen LogP contribution in [-0.4, -0.2) is 5.78 Å². The maximum Gasteiger partial charge on any atom is 0.133 e. The highest BCUT2D eigenvalue weighted by molar-refractivity contribution is 5.79. The molecule has 4 rings (SSSR count). The third kappa shape index (κ3) is 1.80. The normalized spacial score (nSPS) is 54.3. The summed E-state index contributed by atoms with van der Waals surface area (Å²) in [5.41, 5.74) is 2.58. The van der Waals surface area contributed by atoms with E-state index in [0.29, 0.717) is 22.5 Å². The fourth-order valence-electron chi connectivity index (χ4n) is 7.30. The molecule has 122 valence electrons. The minimum Gasteiger partial charge on any atom is -0.300 e. The van der Waals surface area contributed by atoms with E-state index in [1.54, 1.807) is 5.57 Å². The molecule has 0 heterocycles. The SMILES string of the molecule is CC1=CCC2C3CC(C)C4CC(=O)CCC4(C)C3CCC12C. The van der Waals surface area contributed by atoms with Gasteiger partial charge in [0.05, 0.1) is 0 Å². The van der Waals surface area contributed by atoms with Gasteiger partial charge in [0.2, 0.25) is 0 Å². The third-order valence-corrected chi connectivity index (χ3v) is 8.82. The van der Waals surface area contributed by atoms with Crippen molar-refractivity contribution in [2.45, 2.75) is 72.6 Å². The first-order valence-electron chi connectivity index (χ1n) is 9.55. The van der Waals surface area contributed by atoms with Gasteiger partial charge in [-0.1, -0.05) is 32.4 Å². The minimum absolute atomic E-state index is 0.439. The van der Waals surface area contributed by atoms with Gasteiger partial charge in [0, 0.05) is 12.8 Å². The number of hydrogen-bond acceptors (Lipinski definition) is 1. The van der Waals surface area contributed by atoms with Crippen LogP contribution in [0.15, 0.2) is 11.6 Å². The van der Waals surface area contributed by atoms with E-state index in [0.717, 1.165) is 42.9 Å². The van der Waals surface area contributed by atoms with E-state index in [1.807, 2.05) is 0 Å². The standard InChI is InChI=1S/C21H32O/c1-13-11-16-17-6-5-14(2)20(17,3)10-8-18(16)21(4)9-7-15(22)12-19(13)21/h5,13,16-19H,6-12H2,1-4H3. The number of fused-ring (bicyclic) bond motifs is 5.